The second kappa shape index (κ2) is 7.22. The monoisotopic (exact) mass is 411 g/mol. The number of imidazole rings is 1. The summed E-state index contributed by atoms with van der Waals surface area (Å²) in [6.45, 7) is 0. The van der Waals surface area contributed by atoms with Crippen molar-refractivity contribution in [1.82, 2.24) is 24.1 Å². The van der Waals surface area contributed by atoms with Gasteiger partial charge in [0.25, 0.3) is 0 Å². The quantitative estimate of drug-likeness (QED) is 0.410. The fraction of sp³-hybridized carbons (Fsp3) is 0.286. The van der Waals surface area contributed by atoms with Crippen molar-refractivity contribution in [2.45, 2.75) is 38.1 Å². The minimum absolute atomic E-state index is 0.413. The first kappa shape index (κ1) is 17.7. The van der Waals surface area contributed by atoms with Crippen LogP contribution in [0.2, 0.25) is 10.0 Å². The highest BCUT2D eigenvalue weighted by atomic mass is 35.5. The van der Waals surface area contributed by atoms with E-state index in [9.17, 15) is 0 Å². The number of fused-ring (bicyclic) bond motifs is 1. The third-order valence-electron chi connectivity index (χ3n) is 5.47. The highest BCUT2D eigenvalue weighted by Crippen LogP contribution is 2.39. The van der Waals surface area contributed by atoms with Crippen molar-refractivity contribution in [3.8, 4) is 22.8 Å². The first-order chi connectivity index (χ1) is 13.7. The van der Waals surface area contributed by atoms with Crippen molar-refractivity contribution in [3.63, 3.8) is 0 Å². The van der Waals surface area contributed by atoms with E-state index in [2.05, 4.69) is 19.2 Å². The first-order valence-electron chi connectivity index (χ1n) is 9.55. The smallest absolute Gasteiger partial charge is 0.183 e. The van der Waals surface area contributed by atoms with Gasteiger partial charge in [-0.1, -0.05) is 48.5 Å². The lowest BCUT2D eigenvalue weighted by Crippen LogP contribution is -2.13. The number of halogens is 2. The molecule has 0 unspecified atom stereocenters. The summed E-state index contributed by atoms with van der Waals surface area (Å²) < 4.78 is 4.26. The van der Waals surface area contributed by atoms with Crippen molar-refractivity contribution < 1.29 is 0 Å². The van der Waals surface area contributed by atoms with Crippen molar-refractivity contribution in [1.29, 1.82) is 0 Å². The lowest BCUT2D eigenvalue weighted by molar-refractivity contribution is 0.354. The Kier molecular flexibility index (Phi) is 4.57. The molecule has 1 aromatic carbocycles. The van der Waals surface area contributed by atoms with Crippen molar-refractivity contribution in [3.05, 3.63) is 59.0 Å². The second-order valence-corrected chi connectivity index (χ2v) is 8.06. The van der Waals surface area contributed by atoms with Gasteiger partial charge in [-0.05, 0) is 43.2 Å². The predicted octanol–water partition coefficient (Wildman–Crippen LogP) is 6.07. The lowest BCUT2D eigenvalue weighted by Gasteiger charge is -2.24. The van der Waals surface area contributed by atoms with Gasteiger partial charge in [0.1, 0.15) is 23.4 Å². The molecule has 4 aromatic rings. The maximum atomic E-state index is 6.53. The molecule has 3 heterocycles. The molecule has 0 atom stereocenters. The molecule has 0 amide bonds. The summed E-state index contributed by atoms with van der Waals surface area (Å²) in [7, 11) is 0. The summed E-state index contributed by atoms with van der Waals surface area (Å²) in [4.78, 5) is 4.87. The summed E-state index contributed by atoms with van der Waals surface area (Å²) >= 11 is 12.8. The van der Waals surface area contributed by atoms with Gasteiger partial charge in [-0.2, -0.15) is 0 Å². The van der Waals surface area contributed by atoms with E-state index in [-0.39, 0.29) is 0 Å². The largest absolute Gasteiger partial charge is 0.309 e. The molecule has 5 nitrogen and oxygen atoms in total. The zero-order chi connectivity index (χ0) is 19.1. The van der Waals surface area contributed by atoms with Crippen LogP contribution in [0.3, 0.4) is 0 Å². The fourth-order valence-corrected chi connectivity index (χ4v) is 4.49. The minimum Gasteiger partial charge on any atom is -0.309 e. The number of pyridine rings is 1. The van der Waals surface area contributed by atoms with Crippen LogP contribution in [0.1, 0.15) is 38.1 Å². The Morgan fingerprint density at radius 2 is 1.86 bits per heavy atom. The number of nitrogens with zero attached hydrogens (tertiary/aromatic N) is 5. The van der Waals surface area contributed by atoms with Gasteiger partial charge in [-0.25, -0.2) is 4.98 Å². The standard InChI is InChI=1S/C21H19Cl2N5/c22-14-9-10-17(23)16(12-14)19-20(27-11-5-4-8-18(27)25-19)21-26-24-13-28(21)15-6-2-1-3-7-15/h4-5,8-13,15H,1-3,6-7H2. The van der Waals surface area contributed by atoms with Crippen molar-refractivity contribution >= 4 is 28.8 Å². The van der Waals surface area contributed by atoms with Crippen LogP contribution in [-0.4, -0.2) is 24.1 Å². The molecule has 0 saturated heterocycles. The van der Waals surface area contributed by atoms with Crippen LogP contribution in [0.15, 0.2) is 48.9 Å². The van der Waals surface area contributed by atoms with E-state index in [1.165, 1.54) is 19.3 Å². The summed E-state index contributed by atoms with van der Waals surface area (Å²) in [5.74, 6) is 0.816. The summed E-state index contributed by atoms with van der Waals surface area (Å²) in [6.07, 6.45) is 9.92. The zero-order valence-corrected chi connectivity index (χ0v) is 16.7. The number of benzene rings is 1. The van der Waals surface area contributed by atoms with E-state index in [1.807, 2.05) is 36.8 Å². The molecule has 3 aromatic heterocycles. The Bertz CT molecular complexity index is 1140. The Morgan fingerprint density at radius 3 is 2.71 bits per heavy atom. The van der Waals surface area contributed by atoms with Crippen LogP contribution in [0.5, 0.6) is 0 Å². The van der Waals surface area contributed by atoms with E-state index >= 15 is 0 Å². The van der Waals surface area contributed by atoms with Gasteiger partial charge in [0.2, 0.25) is 0 Å². The van der Waals surface area contributed by atoms with E-state index in [0.717, 1.165) is 41.3 Å². The van der Waals surface area contributed by atoms with Gasteiger partial charge in [-0.15, -0.1) is 10.2 Å². The number of hydrogen-bond acceptors (Lipinski definition) is 3. The van der Waals surface area contributed by atoms with Crippen LogP contribution >= 0.6 is 23.2 Å². The number of rotatable bonds is 3. The molecule has 0 aliphatic heterocycles. The highest BCUT2D eigenvalue weighted by molar-refractivity contribution is 6.35. The molecule has 142 valence electrons. The van der Waals surface area contributed by atoms with Crippen molar-refractivity contribution in [2.24, 2.45) is 0 Å². The zero-order valence-electron chi connectivity index (χ0n) is 15.2. The SMILES string of the molecule is Clc1ccc(Cl)c(-c2nc3ccccn3c2-c2nncn2C2CCCCC2)c1. The third kappa shape index (κ3) is 2.99. The number of hydrogen-bond donors (Lipinski definition) is 0. The van der Waals surface area contributed by atoms with Gasteiger partial charge < -0.3 is 4.57 Å². The third-order valence-corrected chi connectivity index (χ3v) is 6.03. The molecule has 1 aliphatic carbocycles. The van der Waals surface area contributed by atoms with Crippen LogP contribution in [0, 0.1) is 0 Å². The first-order valence-corrected chi connectivity index (χ1v) is 10.3. The van der Waals surface area contributed by atoms with E-state index in [0.29, 0.717) is 16.1 Å². The molecular formula is C21H19Cl2N5. The second-order valence-electron chi connectivity index (χ2n) is 7.22. The molecule has 5 rings (SSSR count). The molecule has 0 spiro atoms. The maximum absolute atomic E-state index is 6.53. The highest BCUT2D eigenvalue weighted by Gasteiger charge is 2.25. The van der Waals surface area contributed by atoms with E-state index < -0.39 is 0 Å². The Balaban J connectivity index is 1.76. The van der Waals surface area contributed by atoms with Gasteiger partial charge in [0, 0.05) is 22.8 Å². The Labute approximate surface area is 173 Å². The summed E-state index contributed by atoms with van der Waals surface area (Å²) in [6, 6.07) is 11.8. The van der Waals surface area contributed by atoms with Gasteiger partial charge in [-0.3, -0.25) is 4.40 Å². The Hall–Kier alpha value is -2.37. The van der Waals surface area contributed by atoms with E-state index in [1.54, 1.807) is 12.1 Å². The topological polar surface area (TPSA) is 48.0 Å². The van der Waals surface area contributed by atoms with Crippen LogP contribution < -0.4 is 0 Å². The molecule has 0 bridgehead atoms. The maximum Gasteiger partial charge on any atom is 0.183 e. The lowest BCUT2D eigenvalue weighted by atomic mass is 9.95. The predicted molar refractivity (Wildman–Crippen MR) is 112 cm³/mol. The van der Waals surface area contributed by atoms with Crippen LogP contribution in [-0.2, 0) is 0 Å². The molecular weight excluding hydrogens is 393 g/mol. The van der Waals surface area contributed by atoms with Crippen LogP contribution in [0.4, 0.5) is 0 Å². The normalized spacial score (nSPS) is 15.4. The minimum atomic E-state index is 0.413. The Morgan fingerprint density at radius 1 is 1.00 bits per heavy atom. The van der Waals surface area contributed by atoms with Crippen molar-refractivity contribution in [2.75, 3.05) is 0 Å². The summed E-state index contributed by atoms with van der Waals surface area (Å²) in [5.41, 5.74) is 3.29. The fourth-order valence-electron chi connectivity index (χ4n) is 4.11. The average Bonchev–Trinajstić information content (AvgIpc) is 3.34. The molecule has 7 heteroatoms. The molecule has 0 N–H and O–H groups in total. The van der Waals surface area contributed by atoms with E-state index in [4.69, 9.17) is 28.2 Å². The van der Waals surface area contributed by atoms with Gasteiger partial charge >= 0.3 is 0 Å². The molecule has 1 fully saturated rings. The molecule has 28 heavy (non-hydrogen) atoms. The molecule has 1 aliphatic rings. The van der Waals surface area contributed by atoms with Crippen LogP contribution in [0.25, 0.3) is 28.4 Å². The summed E-state index contributed by atoms with van der Waals surface area (Å²) in [5, 5.41) is 9.98. The van der Waals surface area contributed by atoms with Gasteiger partial charge in [0.05, 0.1) is 5.02 Å². The average molecular weight is 412 g/mol. The molecule has 1 saturated carbocycles. The van der Waals surface area contributed by atoms with Gasteiger partial charge in [0.15, 0.2) is 5.82 Å². The number of aromatic nitrogens is 5. The molecule has 0 radical (unpaired) electrons.